The molecule has 1 heterocycles. The van der Waals surface area contributed by atoms with Gasteiger partial charge in [-0.1, -0.05) is 36.7 Å². The summed E-state index contributed by atoms with van der Waals surface area (Å²) in [6.45, 7) is 2.34. The Morgan fingerprint density at radius 3 is 2.60 bits per heavy atom. The second-order valence-electron chi connectivity index (χ2n) is 8.97. The highest BCUT2D eigenvalue weighted by molar-refractivity contribution is 7.18. The zero-order valence-electron chi connectivity index (χ0n) is 19.5. The number of carbonyl (C=O) groups excluding carboxylic acids is 1. The van der Waals surface area contributed by atoms with Crippen LogP contribution >= 0.6 is 22.9 Å². The summed E-state index contributed by atoms with van der Waals surface area (Å²) in [5.41, 5.74) is 4.19. The average Bonchev–Trinajstić information content (AvgIpc) is 3.27. The summed E-state index contributed by atoms with van der Waals surface area (Å²) in [5.74, 6) is -1.79. The van der Waals surface area contributed by atoms with Gasteiger partial charge in [0.1, 0.15) is 11.6 Å². The largest absolute Gasteiger partial charge is 0.390 e. The molecule has 1 aromatic heterocycles. The van der Waals surface area contributed by atoms with E-state index in [2.05, 4.69) is 35.8 Å². The normalized spacial score (nSPS) is 17.0. The third kappa shape index (κ3) is 6.67. The number of hydrogen-bond donors (Lipinski definition) is 3. The molecule has 0 saturated heterocycles. The number of aryl methyl sites for hydroxylation is 2. The summed E-state index contributed by atoms with van der Waals surface area (Å²) in [7, 11) is 0. The van der Waals surface area contributed by atoms with E-state index in [1.165, 1.54) is 28.8 Å². The van der Waals surface area contributed by atoms with Crippen molar-refractivity contribution in [1.29, 1.82) is 0 Å². The molecule has 1 aliphatic rings. The van der Waals surface area contributed by atoms with Gasteiger partial charge in [0.05, 0.1) is 21.4 Å². The number of nitrogens with one attached hydrogen (secondary N) is 2. The first-order chi connectivity index (χ1) is 16.8. The lowest BCUT2D eigenvalue weighted by Crippen LogP contribution is -2.49. The molecule has 35 heavy (non-hydrogen) atoms. The first-order valence-corrected chi connectivity index (χ1v) is 13.1. The molecular weight excluding hydrogens is 490 g/mol. The van der Waals surface area contributed by atoms with Crippen LogP contribution in [0.5, 0.6) is 0 Å². The lowest BCUT2D eigenvalue weighted by molar-refractivity contribution is 0.0826. The van der Waals surface area contributed by atoms with Crippen LogP contribution < -0.4 is 10.6 Å². The monoisotopic (exact) mass is 518 g/mol. The number of hydrogen-bond acceptors (Lipinski definition) is 4. The van der Waals surface area contributed by atoms with Gasteiger partial charge in [0, 0.05) is 18.7 Å². The van der Waals surface area contributed by atoms with E-state index >= 15 is 0 Å². The minimum atomic E-state index is -0.986. The van der Waals surface area contributed by atoms with Crippen LogP contribution in [-0.2, 0) is 19.3 Å². The minimum Gasteiger partial charge on any atom is -0.390 e. The zero-order valence-corrected chi connectivity index (χ0v) is 21.1. The highest BCUT2D eigenvalue weighted by Gasteiger charge is 2.26. The number of amides is 1. The maximum Gasteiger partial charge on any atom is 0.261 e. The summed E-state index contributed by atoms with van der Waals surface area (Å²) in [5, 5.41) is 17.4. The fourth-order valence-corrected chi connectivity index (χ4v) is 5.57. The van der Waals surface area contributed by atoms with Gasteiger partial charge in [0.15, 0.2) is 0 Å². The Hall–Kier alpha value is -2.32. The summed E-state index contributed by atoms with van der Waals surface area (Å²) in [6.07, 6.45) is 3.08. The Kier molecular flexibility index (Phi) is 8.55. The molecule has 0 saturated carbocycles. The molecule has 8 heteroatoms. The van der Waals surface area contributed by atoms with E-state index in [0.717, 1.165) is 43.1 Å². The number of carbonyl (C=O) groups is 1. The van der Waals surface area contributed by atoms with E-state index in [-0.39, 0.29) is 19.0 Å². The second-order valence-corrected chi connectivity index (χ2v) is 10.7. The SMILES string of the molecule is CCc1ccc2c(c1)[C@H](NC[C@H](O)[C@@H](Cc1cc(F)cc(F)c1)NC(=O)c1ccc(Cl)s1)CCC2. The molecule has 186 valence electrons. The lowest BCUT2D eigenvalue weighted by atomic mass is 9.86. The van der Waals surface area contributed by atoms with Crippen LogP contribution in [0.1, 0.15) is 57.7 Å². The van der Waals surface area contributed by atoms with Gasteiger partial charge < -0.3 is 15.7 Å². The van der Waals surface area contributed by atoms with Gasteiger partial charge in [0.25, 0.3) is 5.91 Å². The molecule has 0 fully saturated rings. The number of rotatable bonds is 9. The van der Waals surface area contributed by atoms with E-state index in [9.17, 15) is 18.7 Å². The van der Waals surface area contributed by atoms with Gasteiger partial charge in [-0.2, -0.15) is 0 Å². The van der Waals surface area contributed by atoms with Crippen molar-refractivity contribution in [2.24, 2.45) is 0 Å². The summed E-state index contributed by atoms with van der Waals surface area (Å²) < 4.78 is 28.1. The summed E-state index contributed by atoms with van der Waals surface area (Å²) in [4.78, 5) is 13.2. The van der Waals surface area contributed by atoms with Crippen LogP contribution in [0.4, 0.5) is 8.78 Å². The highest BCUT2D eigenvalue weighted by Crippen LogP contribution is 2.31. The molecule has 4 rings (SSSR count). The van der Waals surface area contributed by atoms with Gasteiger partial charge in [-0.05, 0) is 78.6 Å². The van der Waals surface area contributed by atoms with E-state index < -0.39 is 29.7 Å². The van der Waals surface area contributed by atoms with Gasteiger partial charge in [0.2, 0.25) is 0 Å². The Bertz CT molecular complexity index is 1170. The van der Waals surface area contributed by atoms with Crippen molar-refractivity contribution in [3.8, 4) is 0 Å². The highest BCUT2D eigenvalue weighted by atomic mass is 35.5. The molecule has 0 bridgehead atoms. The second kappa shape index (κ2) is 11.6. The number of aliphatic hydroxyl groups excluding tert-OH is 1. The molecule has 3 atom stereocenters. The van der Waals surface area contributed by atoms with Crippen molar-refractivity contribution < 1.29 is 18.7 Å². The Balaban J connectivity index is 1.50. The quantitative estimate of drug-likeness (QED) is 0.345. The number of aliphatic hydroxyl groups is 1. The van der Waals surface area contributed by atoms with Crippen LogP contribution in [0.2, 0.25) is 4.34 Å². The summed E-state index contributed by atoms with van der Waals surface area (Å²) >= 11 is 7.09. The minimum absolute atomic E-state index is 0.0730. The maximum atomic E-state index is 13.8. The topological polar surface area (TPSA) is 61.4 Å². The molecule has 0 spiro atoms. The van der Waals surface area contributed by atoms with Gasteiger partial charge in [-0.3, -0.25) is 4.79 Å². The fraction of sp³-hybridized carbons (Fsp3) is 0.370. The van der Waals surface area contributed by atoms with Crippen LogP contribution in [-0.4, -0.2) is 29.7 Å². The number of halogens is 3. The molecular formula is C27H29ClF2N2O2S. The Morgan fingerprint density at radius 1 is 1.14 bits per heavy atom. The van der Waals surface area contributed by atoms with Crippen LogP contribution in [0.3, 0.4) is 0 Å². The molecule has 3 N–H and O–H groups in total. The van der Waals surface area contributed by atoms with Gasteiger partial charge in [-0.15, -0.1) is 11.3 Å². The van der Waals surface area contributed by atoms with Crippen molar-refractivity contribution in [2.75, 3.05) is 6.54 Å². The number of fused-ring (bicyclic) bond motifs is 1. The fourth-order valence-electron chi connectivity index (χ4n) is 4.63. The molecule has 2 aromatic carbocycles. The predicted molar refractivity (Wildman–Crippen MR) is 136 cm³/mol. The van der Waals surface area contributed by atoms with E-state index in [1.54, 1.807) is 12.1 Å². The zero-order chi connectivity index (χ0) is 24.9. The molecule has 1 amide bonds. The van der Waals surface area contributed by atoms with Crippen LogP contribution in [0.25, 0.3) is 0 Å². The van der Waals surface area contributed by atoms with Crippen molar-refractivity contribution >= 4 is 28.8 Å². The standard InChI is InChI=1S/C27H29ClF2N2O2S/c1-2-16-6-7-18-4-3-5-22(21(18)12-16)31-15-24(33)23(13-17-10-19(29)14-20(30)11-17)32-27(34)25-8-9-26(28)35-25/h6-12,14,22-24,31,33H,2-5,13,15H2,1H3,(H,32,34)/t22-,23-,24+/m1/s1. The van der Waals surface area contributed by atoms with Crippen molar-refractivity contribution in [2.45, 2.75) is 57.2 Å². The van der Waals surface area contributed by atoms with Crippen LogP contribution in [0.15, 0.2) is 48.5 Å². The third-order valence-electron chi connectivity index (χ3n) is 6.46. The molecule has 0 aliphatic heterocycles. The molecule has 3 aromatic rings. The van der Waals surface area contributed by atoms with E-state index in [0.29, 0.717) is 14.8 Å². The van der Waals surface area contributed by atoms with Crippen molar-refractivity contribution in [3.05, 3.63) is 91.6 Å². The summed E-state index contributed by atoms with van der Waals surface area (Å²) in [6, 6.07) is 12.4. The van der Waals surface area contributed by atoms with Crippen LogP contribution in [0, 0.1) is 11.6 Å². The van der Waals surface area contributed by atoms with Gasteiger partial charge in [-0.25, -0.2) is 8.78 Å². The smallest absolute Gasteiger partial charge is 0.261 e. The first-order valence-electron chi connectivity index (χ1n) is 11.9. The molecule has 4 nitrogen and oxygen atoms in total. The maximum absolute atomic E-state index is 13.8. The Morgan fingerprint density at radius 2 is 1.91 bits per heavy atom. The molecule has 0 unspecified atom stereocenters. The third-order valence-corrected chi connectivity index (χ3v) is 7.69. The lowest BCUT2D eigenvalue weighted by Gasteiger charge is -2.30. The van der Waals surface area contributed by atoms with E-state index in [1.807, 2.05) is 0 Å². The molecule has 0 radical (unpaired) electrons. The molecule has 1 aliphatic carbocycles. The van der Waals surface area contributed by atoms with Crippen molar-refractivity contribution in [1.82, 2.24) is 10.6 Å². The predicted octanol–water partition coefficient (Wildman–Crippen LogP) is 5.61. The van der Waals surface area contributed by atoms with Gasteiger partial charge >= 0.3 is 0 Å². The number of benzene rings is 2. The Labute approximate surface area is 213 Å². The van der Waals surface area contributed by atoms with E-state index in [4.69, 9.17) is 11.6 Å². The average molecular weight is 519 g/mol. The van der Waals surface area contributed by atoms with Crippen molar-refractivity contribution in [3.63, 3.8) is 0 Å². The first kappa shape index (κ1) is 25.8. The number of thiophene rings is 1.